The van der Waals surface area contributed by atoms with Gasteiger partial charge in [0.1, 0.15) is 5.78 Å². The zero-order valence-electron chi connectivity index (χ0n) is 8.93. The van der Waals surface area contributed by atoms with Crippen LogP contribution in [0.1, 0.15) is 44.9 Å². The molecule has 1 aliphatic carbocycles. The Labute approximate surface area is 86.6 Å². The van der Waals surface area contributed by atoms with Crippen molar-refractivity contribution < 1.29 is 4.79 Å². The van der Waals surface area contributed by atoms with Crippen molar-refractivity contribution in [1.29, 1.82) is 0 Å². The summed E-state index contributed by atoms with van der Waals surface area (Å²) in [7, 11) is 0. The maximum atomic E-state index is 12.0. The first kappa shape index (κ1) is 11.4. The van der Waals surface area contributed by atoms with Gasteiger partial charge in [-0.05, 0) is 19.3 Å². The van der Waals surface area contributed by atoms with E-state index >= 15 is 0 Å². The van der Waals surface area contributed by atoms with Gasteiger partial charge in [-0.1, -0.05) is 25.3 Å². The maximum Gasteiger partial charge on any atom is 0.140 e. The molecule has 0 saturated heterocycles. The largest absolute Gasteiger partial charge is 0.329 e. The van der Waals surface area contributed by atoms with Crippen LogP contribution in [-0.2, 0) is 4.79 Å². The predicted octanol–water partition coefficient (Wildman–Crippen LogP) is 2.43. The molecular weight excluding hydrogens is 174 g/mol. The summed E-state index contributed by atoms with van der Waals surface area (Å²) in [6, 6.07) is 0. The van der Waals surface area contributed by atoms with Crippen LogP contribution in [0.2, 0.25) is 0 Å². The summed E-state index contributed by atoms with van der Waals surface area (Å²) in [5.74, 6) is 0.361. The Bertz CT molecular complexity index is 204. The van der Waals surface area contributed by atoms with Gasteiger partial charge in [-0.15, -0.1) is 6.58 Å². The monoisotopic (exact) mass is 195 g/mol. The first-order valence-corrected chi connectivity index (χ1v) is 5.59. The van der Waals surface area contributed by atoms with Crippen molar-refractivity contribution in [2.24, 2.45) is 11.1 Å². The van der Waals surface area contributed by atoms with E-state index in [-0.39, 0.29) is 5.41 Å². The normalized spacial score (nSPS) is 20.4. The smallest absolute Gasteiger partial charge is 0.140 e. The van der Waals surface area contributed by atoms with E-state index in [2.05, 4.69) is 6.58 Å². The van der Waals surface area contributed by atoms with Crippen molar-refractivity contribution in [3.63, 3.8) is 0 Å². The van der Waals surface area contributed by atoms with Gasteiger partial charge in [0, 0.05) is 18.4 Å². The lowest BCUT2D eigenvalue weighted by Crippen LogP contribution is -2.40. The molecule has 1 aliphatic rings. The molecule has 0 spiro atoms. The second-order valence-corrected chi connectivity index (χ2v) is 4.30. The van der Waals surface area contributed by atoms with Gasteiger partial charge in [0.15, 0.2) is 0 Å². The average molecular weight is 195 g/mol. The zero-order chi connectivity index (χ0) is 10.4. The van der Waals surface area contributed by atoms with Gasteiger partial charge in [-0.2, -0.15) is 0 Å². The molecule has 0 amide bonds. The van der Waals surface area contributed by atoms with Crippen LogP contribution in [0.3, 0.4) is 0 Å². The fraction of sp³-hybridized carbons (Fsp3) is 0.750. The molecule has 14 heavy (non-hydrogen) atoms. The number of rotatable bonds is 5. The highest BCUT2D eigenvalue weighted by molar-refractivity contribution is 5.85. The van der Waals surface area contributed by atoms with Gasteiger partial charge in [0.05, 0.1) is 0 Å². The molecule has 1 fully saturated rings. The molecule has 80 valence electrons. The maximum absolute atomic E-state index is 12.0. The minimum atomic E-state index is -0.179. The van der Waals surface area contributed by atoms with Gasteiger partial charge >= 0.3 is 0 Å². The molecule has 0 heterocycles. The molecule has 1 saturated carbocycles. The van der Waals surface area contributed by atoms with Gasteiger partial charge in [0.25, 0.3) is 0 Å². The lowest BCUT2D eigenvalue weighted by molar-refractivity contribution is -0.130. The van der Waals surface area contributed by atoms with Crippen molar-refractivity contribution in [2.45, 2.75) is 44.9 Å². The minimum absolute atomic E-state index is 0.179. The Hall–Kier alpha value is -0.630. The van der Waals surface area contributed by atoms with Crippen LogP contribution in [0.15, 0.2) is 12.7 Å². The van der Waals surface area contributed by atoms with Crippen LogP contribution in [0.5, 0.6) is 0 Å². The third-order valence-electron chi connectivity index (χ3n) is 3.37. The van der Waals surface area contributed by atoms with E-state index in [0.29, 0.717) is 18.7 Å². The third-order valence-corrected chi connectivity index (χ3v) is 3.37. The summed E-state index contributed by atoms with van der Waals surface area (Å²) in [4.78, 5) is 12.0. The molecule has 0 aliphatic heterocycles. The molecule has 0 bridgehead atoms. The topological polar surface area (TPSA) is 43.1 Å². The molecule has 0 unspecified atom stereocenters. The molecule has 0 aromatic heterocycles. The molecule has 2 nitrogen and oxygen atoms in total. The second-order valence-electron chi connectivity index (χ2n) is 4.30. The molecule has 2 heteroatoms. The second kappa shape index (κ2) is 5.30. The van der Waals surface area contributed by atoms with Crippen molar-refractivity contribution in [2.75, 3.05) is 6.54 Å². The van der Waals surface area contributed by atoms with E-state index in [1.165, 1.54) is 6.42 Å². The first-order chi connectivity index (χ1) is 6.75. The highest BCUT2D eigenvalue weighted by atomic mass is 16.1. The number of carbonyl (C=O) groups is 1. The van der Waals surface area contributed by atoms with Crippen molar-refractivity contribution >= 4 is 5.78 Å². The van der Waals surface area contributed by atoms with Crippen LogP contribution in [-0.4, -0.2) is 12.3 Å². The summed E-state index contributed by atoms with van der Waals surface area (Å²) in [6.45, 7) is 4.17. The van der Waals surface area contributed by atoms with Crippen LogP contribution in [0.4, 0.5) is 0 Å². The lowest BCUT2D eigenvalue weighted by Gasteiger charge is -2.34. The van der Waals surface area contributed by atoms with Gasteiger partial charge in [-0.25, -0.2) is 0 Å². The summed E-state index contributed by atoms with van der Waals surface area (Å²) < 4.78 is 0. The Morgan fingerprint density at radius 1 is 1.36 bits per heavy atom. The summed E-state index contributed by atoms with van der Waals surface area (Å²) >= 11 is 0. The molecule has 0 atom stereocenters. The fourth-order valence-corrected chi connectivity index (χ4v) is 2.32. The average Bonchev–Trinajstić information content (AvgIpc) is 2.26. The quantitative estimate of drug-likeness (QED) is 0.685. The van der Waals surface area contributed by atoms with Gasteiger partial charge in [-0.3, -0.25) is 4.79 Å². The summed E-state index contributed by atoms with van der Waals surface area (Å²) in [5.41, 5.74) is 5.58. The van der Waals surface area contributed by atoms with Crippen molar-refractivity contribution in [3.8, 4) is 0 Å². The SMILES string of the molecule is C=CCCC(=O)C1(CN)CCCCC1. The Morgan fingerprint density at radius 3 is 2.50 bits per heavy atom. The van der Waals surface area contributed by atoms with E-state index in [4.69, 9.17) is 5.73 Å². The number of ketones is 1. The highest BCUT2D eigenvalue weighted by Gasteiger charge is 2.36. The zero-order valence-corrected chi connectivity index (χ0v) is 8.93. The molecule has 1 rings (SSSR count). The van der Waals surface area contributed by atoms with Crippen LogP contribution in [0, 0.1) is 5.41 Å². The third kappa shape index (κ3) is 2.44. The molecular formula is C12H21NO. The number of hydrogen-bond donors (Lipinski definition) is 1. The molecule has 2 N–H and O–H groups in total. The fourth-order valence-electron chi connectivity index (χ4n) is 2.32. The predicted molar refractivity (Wildman–Crippen MR) is 59.0 cm³/mol. The Kier molecular flexibility index (Phi) is 4.33. The van der Waals surface area contributed by atoms with E-state index in [0.717, 1.165) is 32.1 Å². The lowest BCUT2D eigenvalue weighted by atomic mass is 9.70. The van der Waals surface area contributed by atoms with Gasteiger partial charge < -0.3 is 5.73 Å². The van der Waals surface area contributed by atoms with E-state index < -0.39 is 0 Å². The number of hydrogen-bond acceptors (Lipinski definition) is 2. The van der Waals surface area contributed by atoms with Crippen molar-refractivity contribution in [3.05, 3.63) is 12.7 Å². The number of allylic oxidation sites excluding steroid dienone is 1. The van der Waals surface area contributed by atoms with Crippen LogP contribution >= 0.6 is 0 Å². The number of Topliss-reactive ketones (excluding diaryl/α,β-unsaturated/α-hetero) is 1. The van der Waals surface area contributed by atoms with Crippen molar-refractivity contribution in [1.82, 2.24) is 0 Å². The molecule has 0 radical (unpaired) electrons. The number of carbonyl (C=O) groups excluding carboxylic acids is 1. The van der Waals surface area contributed by atoms with E-state index in [1.54, 1.807) is 0 Å². The Balaban J connectivity index is 2.57. The van der Waals surface area contributed by atoms with Gasteiger partial charge in [0.2, 0.25) is 0 Å². The minimum Gasteiger partial charge on any atom is -0.329 e. The number of nitrogens with two attached hydrogens (primary N) is 1. The molecule has 0 aromatic carbocycles. The van der Waals surface area contributed by atoms with Crippen LogP contribution in [0.25, 0.3) is 0 Å². The first-order valence-electron chi connectivity index (χ1n) is 5.59. The summed E-state index contributed by atoms with van der Waals surface area (Å²) in [5, 5.41) is 0. The highest BCUT2D eigenvalue weighted by Crippen LogP contribution is 2.37. The van der Waals surface area contributed by atoms with E-state index in [9.17, 15) is 4.79 Å². The standard InChI is InChI=1S/C12H21NO/c1-2-3-7-11(14)12(10-13)8-5-4-6-9-12/h2H,1,3-10,13H2. The van der Waals surface area contributed by atoms with E-state index in [1.807, 2.05) is 6.08 Å². The Morgan fingerprint density at radius 2 is 2.00 bits per heavy atom. The van der Waals surface area contributed by atoms with Crippen LogP contribution < -0.4 is 5.73 Å². The molecule has 0 aromatic rings. The summed E-state index contributed by atoms with van der Waals surface area (Å²) in [6.07, 6.45) is 8.82.